The van der Waals surface area contributed by atoms with Crippen molar-refractivity contribution in [1.29, 1.82) is 0 Å². The number of nitrogens with zero attached hydrogens (tertiary/aromatic N) is 2. The van der Waals surface area contributed by atoms with Crippen LogP contribution in [0.2, 0.25) is 0 Å². The molecule has 1 aromatic heterocycles. The standard InChI is InChI=1S/C18H25N3OS/c1-13(16-12-23-17-7-5-4-6-15(16)17)19-18(22)21(3)11-14-8-9-20(2)10-14/h4-7,12-14H,8-11H2,1-3H3,(H,19,22). The van der Waals surface area contributed by atoms with Gasteiger partial charge in [0.25, 0.3) is 0 Å². The lowest BCUT2D eigenvalue weighted by molar-refractivity contribution is 0.197. The quantitative estimate of drug-likeness (QED) is 0.930. The Morgan fingerprint density at radius 1 is 1.48 bits per heavy atom. The average Bonchev–Trinajstić information content (AvgIpc) is 3.13. The van der Waals surface area contributed by atoms with Crippen LogP contribution in [-0.4, -0.2) is 49.6 Å². The van der Waals surface area contributed by atoms with Crippen molar-refractivity contribution in [2.24, 2.45) is 5.92 Å². The first-order valence-corrected chi connectivity index (χ1v) is 9.09. The summed E-state index contributed by atoms with van der Waals surface area (Å²) in [5.41, 5.74) is 1.20. The summed E-state index contributed by atoms with van der Waals surface area (Å²) >= 11 is 1.73. The molecule has 124 valence electrons. The highest BCUT2D eigenvalue weighted by atomic mass is 32.1. The molecule has 23 heavy (non-hydrogen) atoms. The van der Waals surface area contributed by atoms with Crippen molar-refractivity contribution in [2.75, 3.05) is 33.7 Å². The molecule has 4 nitrogen and oxygen atoms in total. The van der Waals surface area contributed by atoms with Crippen molar-refractivity contribution < 1.29 is 4.79 Å². The van der Waals surface area contributed by atoms with Crippen molar-refractivity contribution in [3.05, 3.63) is 35.2 Å². The van der Waals surface area contributed by atoms with Crippen LogP contribution in [0.3, 0.4) is 0 Å². The van der Waals surface area contributed by atoms with Crippen LogP contribution in [0.1, 0.15) is 24.9 Å². The molecule has 1 saturated heterocycles. The van der Waals surface area contributed by atoms with Gasteiger partial charge in [0.05, 0.1) is 6.04 Å². The van der Waals surface area contributed by atoms with E-state index in [0.29, 0.717) is 5.92 Å². The second-order valence-electron chi connectivity index (χ2n) is 6.66. The first kappa shape index (κ1) is 16.3. The number of thiophene rings is 1. The molecule has 1 aliphatic heterocycles. The van der Waals surface area contributed by atoms with E-state index in [9.17, 15) is 4.79 Å². The molecule has 1 N–H and O–H groups in total. The summed E-state index contributed by atoms with van der Waals surface area (Å²) in [5.74, 6) is 0.591. The van der Waals surface area contributed by atoms with Gasteiger partial charge in [0, 0.05) is 24.8 Å². The maximum Gasteiger partial charge on any atom is 0.317 e. The minimum atomic E-state index is 0.0161. The van der Waals surface area contributed by atoms with Crippen LogP contribution in [0.25, 0.3) is 10.1 Å². The van der Waals surface area contributed by atoms with E-state index < -0.39 is 0 Å². The van der Waals surface area contributed by atoms with Crippen molar-refractivity contribution in [3.8, 4) is 0 Å². The molecule has 0 aliphatic carbocycles. The molecule has 1 fully saturated rings. The zero-order chi connectivity index (χ0) is 16.4. The summed E-state index contributed by atoms with van der Waals surface area (Å²) in [5, 5.41) is 6.53. The van der Waals surface area contributed by atoms with Gasteiger partial charge in [0.2, 0.25) is 0 Å². The molecular weight excluding hydrogens is 306 g/mol. The SMILES string of the molecule is CC(NC(=O)N(C)CC1CCN(C)C1)c1csc2ccccc12. The van der Waals surface area contributed by atoms with Crippen molar-refractivity contribution >= 4 is 27.5 Å². The number of rotatable bonds is 4. The van der Waals surface area contributed by atoms with Gasteiger partial charge >= 0.3 is 6.03 Å². The predicted octanol–water partition coefficient (Wildman–Crippen LogP) is 3.56. The van der Waals surface area contributed by atoms with E-state index in [1.54, 1.807) is 11.3 Å². The Balaban J connectivity index is 1.60. The first-order valence-electron chi connectivity index (χ1n) is 8.21. The fraction of sp³-hybridized carbons (Fsp3) is 0.500. The first-order chi connectivity index (χ1) is 11.0. The molecular formula is C18H25N3OS. The number of nitrogens with one attached hydrogen (secondary N) is 1. The van der Waals surface area contributed by atoms with Gasteiger partial charge in [-0.25, -0.2) is 4.79 Å². The number of amides is 2. The van der Waals surface area contributed by atoms with Gasteiger partial charge in [-0.1, -0.05) is 18.2 Å². The number of fused-ring (bicyclic) bond motifs is 1. The van der Waals surface area contributed by atoms with Crippen LogP contribution in [-0.2, 0) is 0 Å². The van der Waals surface area contributed by atoms with E-state index in [-0.39, 0.29) is 12.1 Å². The minimum absolute atomic E-state index is 0.0161. The number of urea groups is 1. The zero-order valence-electron chi connectivity index (χ0n) is 14.1. The third kappa shape index (κ3) is 3.67. The third-order valence-corrected chi connectivity index (χ3v) is 5.67. The number of carbonyl (C=O) groups is 1. The fourth-order valence-electron chi connectivity index (χ4n) is 3.35. The second-order valence-corrected chi connectivity index (χ2v) is 7.57. The topological polar surface area (TPSA) is 35.6 Å². The van der Waals surface area contributed by atoms with E-state index >= 15 is 0 Å². The summed E-state index contributed by atoms with van der Waals surface area (Å²) in [6, 6.07) is 8.39. The smallest absolute Gasteiger partial charge is 0.317 e. The monoisotopic (exact) mass is 331 g/mol. The van der Waals surface area contributed by atoms with Crippen molar-refractivity contribution in [3.63, 3.8) is 0 Å². The molecule has 0 bridgehead atoms. The zero-order valence-corrected chi connectivity index (χ0v) is 14.9. The Bertz CT molecular complexity index is 684. The highest BCUT2D eigenvalue weighted by Gasteiger charge is 2.23. The molecule has 5 heteroatoms. The number of carbonyl (C=O) groups excluding carboxylic acids is 1. The van der Waals surface area contributed by atoms with Crippen LogP contribution in [0, 0.1) is 5.92 Å². The largest absolute Gasteiger partial charge is 0.331 e. The Hall–Kier alpha value is -1.59. The van der Waals surface area contributed by atoms with E-state index in [1.165, 1.54) is 22.1 Å². The Kier molecular flexibility index (Phi) is 4.87. The lowest BCUT2D eigenvalue weighted by atomic mass is 10.1. The second kappa shape index (κ2) is 6.89. The van der Waals surface area contributed by atoms with Gasteiger partial charge in [-0.2, -0.15) is 0 Å². The highest BCUT2D eigenvalue weighted by Crippen LogP contribution is 2.30. The molecule has 1 aliphatic rings. The van der Waals surface area contributed by atoms with Crippen LogP contribution in [0.4, 0.5) is 4.79 Å². The fourth-order valence-corrected chi connectivity index (χ4v) is 4.41. The predicted molar refractivity (Wildman–Crippen MR) is 97.0 cm³/mol. The van der Waals surface area contributed by atoms with Crippen LogP contribution in [0.15, 0.2) is 29.6 Å². The summed E-state index contributed by atoms with van der Waals surface area (Å²) in [6.45, 7) is 5.11. The Morgan fingerprint density at radius 3 is 3.00 bits per heavy atom. The van der Waals surface area contributed by atoms with E-state index in [2.05, 4.69) is 53.8 Å². The van der Waals surface area contributed by atoms with Crippen LogP contribution < -0.4 is 5.32 Å². The maximum atomic E-state index is 12.5. The highest BCUT2D eigenvalue weighted by molar-refractivity contribution is 7.17. The molecule has 0 radical (unpaired) electrons. The number of hydrogen-bond acceptors (Lipinski definition) is 3. The Morgan fingerprint density at radius 2 is 2.26 bits per heavy atom. The van der Waals surface area contributed by atoms with Gasteiger partial charge in [0.15, 0.2) is 0 Å². The summed E-state index contributed by atoms with van der Waals surface area (Å²) in [4.78, 5) is 16.6. The maximum absolute atomic E-state index is 12.5. The van der Waals surface area contributed by atoms with Gasteiger partial charge < -0.3 is 15.1 Å². The summed E-state index contributed by atoms with van der Waals surface area (Å²) in [6.07, 6.45) is 1.18. The molecule has 2 unspecified atom stereocenters. The molecule has 0 saturated carbocycles. The van der Waals surface area contributed by atoms with E-state index in [1.807, 2.05) is 11.9 Å². The normalized spacial score (nSPS) is 19.9. The van der Waals surface area contributed by atoms with Gasteiger partial charge in [-0.3, -0.25) is 0 Å². The van der Waals surface area contributed by atoms with E-state index in [4.69, 9.17) is 0 Å². The van der Waals surface area contributed by atoms with Gasteiger partial charge in [-0.15, -0.1) is 11.3 Å². The summed E-state index contributed by atoms with van der Waals surface area (Å²) < 4.78 is 1.27. The average molecular weight is 331 g/mol. The van der Waals surface area contributed by atoms with Crippen molar-refractivity contribution in [2.45, 2.75) is 19.4 Å². The van der Waals surface area contributed by atoms with Gasteiger partial charge in [0.1, 0.15) is 0 Å². The van der Waals surface area contributed by atoms with E-state index in [0.717, 1.165) is 19.6 Å². The third-order valence-electron chi connectivity index (χ3n) is 4.69. The molecule has 2 aromatic rings. The van der Waals surface area contributed by atoms with Crippen LogP contribution in [0.5, 0.6) is 0 Å². The molecule has 2 atom stereocenters. The number of benzene rings is 1. The van der Waals surface area contributed by atoms with Crippen molar-refractivity contribution in [1.82, 2.24) is 15.1 Å². The number of hydrogen-bond donors (Lipinski definition) is 1. The van der Waals surface area contributed by atoms with Gasteiger partial charge in [-0.05, 0) is 55.3 Å². The lowest BCUT2D eigenvalue weighted by Gasteiger charge is -2.24. The molecule has 1 aromatic carbocycles. The molecule has 2 amide bonds. The number of likely N-dealkylation sites (tertiary alicyclic amines) is 1. The minimum Gasteiger partial charge on any atom is -0.331 e. The molecule has 0 spiro atoms. The molecule has 2 heterocycles. The summed E-state index contributed by atoms with van der Waals surface area (Å²) in [7, 11) is 4.04. The molecule has 3 rings (SSSR count). The lowest BCUT2D eigenvalue weighted by Crippen LogP contribution is -2.41. The van der Waals surface area contributed by atoms with Crippen LogP contribution >= 0.6 is 11.3 Å². The Labute approximate surface area is 142 Å².